The van der Waals surface area contributed by atoms with Gasteiger partial charge in [-0.1, -0.05) is 13.0 Å². The molecule has 7 heteroatoms. The van der Waals surface area contributed by atoms with Gasteiger partial charge in [-0.05, 0) is 18.1 Å². The van der Waals surface area contributed by atoms with Crippen LogP contribution in [0.3, 0.4) is 0 Å². The van der Waals surface area contributed by atoms with Crippen LogP contribution in [0.15, 0.2) is 18.3 Å². The fraction of sp³-hybridized carbons (Fsp3) is 0.615. The smallest absolute Gasteiger partial charge is 0.395 e. The van der Waals surface area contributed by atoms with Crippen molar-refractivity contribution in [2.75, 3.05) is 31.6 Å². The number of pyridine rings is 1. The van der Waals surface area contributed by atoms with E-state index in [1.54, 1.807) is 18.3 Å². The zero-order valence-electron chi connectivity index (χ0n) is 11.5. The molecule has 4 nitrogen and oxygen atoms in total. The average Bonchev–Trinajstić information content (AvgIpc) is 2.36. The van der Waals surface area contributed by atoms with Gasteiger partial charge in [-0.15, -0.1) is 0 Å². The van der Waals surface area contributed by atoms with Gasteiger partial charge in [0.15, 0.2) is 0 Å². The third-order valence-electron chi connectivity index (χ3n) is 2.61. The Morgan fingerprint density at radius 3 is 2.60 bits per heavy atom. The molecule has 0 saturated heterocycles. The van der Waals surface area contributed by atoms with Crippen molar-refractivity contribution in [1.82, 2.24) is 9.88 Å². The van der Waals surface area contributed by atoms with Crippen LogP contribution in [0, 0.1) is 0 Å². The van der Waals surface area contributed by atoms with Gasteiger partial charge in [0.25, 0.3) is 0 Å². The second-order valence-corrected chi connectivity index (χ2v) is 4.53. The second kappa shape index (κ2) is 8.06. The van der Waals surface area contributed by atoms with Gasteiger partial charge in [0.2, 0.25) is 0 Å². The Morgan fingerprint density at radius 2 is 2.10 bits per heavy atom. The SMILES string of the molecule is CCCNc1ccc(CN(CCO)CC(F)(F)F)cn1. The first-order chi connectivity index (χ1) is 9.44. The molecule has 2 N–H and O–H groups in total. The summed E-state index contributed by atoms with van der Waals surface area (Å²) >= 11 is 0. The van der Waals surface area contributed by atoms with Crippen LogP contribution in [-0.4, -0.2) is 47.4 Å². The van der Waals surface area contributed by atoms with Gasteiger partial charge in [0.1, 0.15) is 5.82 Å². The van der Waals surface area contributed by atoms with Crippen LogP contribution < -0.4 is 5.32 Å². The molecule has 1 aromatic heterocycles. The molecule has 114 valence electrons. The van der Waals surface area contributed by atoms with Crippen LogP contribution in [0.4, 0.5) is 19.0 Å². The summed E-state index contributed by atoms with van der Waals surface area (Å²) in [7, 11) is 0. The maximum absolute atomic E-state index is 12.4. The van der Waals surface area contributed by atoms with E-state index in [-0.39, 0.29) is 19.7 Å². The fourth-order valence-corrected chi connectivity index (χ4v) is 1.74. The molecule has 1 heterocycles. The van der Waals surface area contributed by atoms with Crippen LogP contribution in [0.25, 0.3) is 0 Å². The zero-order chi connectivity index (χ0) is 15.0. The van der Waals surface area contributed by atoms with Crippen LogP contribution in [0.1, 0.15) is 18.9 Å². The third-order valence-corrected chi connectivity index (χ3v) is 2.61. The van der Waals surface area contributed by atoms with Crippen molar-refractivity contribution >= 4 is 5.82 Å². The lowest BCUT2D eigenvalue weighted by molar-refractivity contribution is -0.147. The Hall–Kier alpha value is -1.34. The molecule has 0 amide bonds. The summed E-state index contributed by atoms with van der Waals surface area (Å²) in [6.45, 7) is 1.59. The van der Waals surface area contributed by atoms with Gasteiger partial charge in [-0.25, -0.2) is 4.98 Å². The first-order valence-corrected chi connectivity index (χ1v) is 6.53. The van der Waals surface area contributed by atoms with Crippen LogP contribution in [-0.2, 0) is 6.54 Å². The van der Waals surface area contributed by atoms with Gasteiger partial charge in [-0.2, -0.15) is 13.2 Å². The summed E-state index contributed by atoms with van der Waals surface area (Å²) in [4.78, 5) is 5.29. The minimum Gasteiger partial charge on any atom is -0.395 e. The predicted octanol–water partition coefficient (Wildman–Crippen LogP) is 2.26. The number of halogens is 3. The van der Waals surface area contributed by atoms with Gasteiger partial charge in [0.05, 0.1) is 13.2 Å². The van der Waals surface area contributed by atoms with Crippen molar-refractivity contribution in [3.8, 4) is 0 Å². The number of aliphatic hydroxyl groups excluding tert-OH is 1. The molecule has 20 heavy (non-hydrogen) atoms. The van der Waals surface area contributed by atoms with Crippen molar-refractivity contribution in [3.05, 3.63) is 23.9 Å². The summed E-state index contributed by atoms with van der Waals surface area (Å²) in [5.74, 6) is 0.708. The number of rotatable bonds is 8. The molecule has 0 bridgehead atoms. The minimum absolute atomic E-state index is 0.0185. The Balaban J connectivity index is 2.59. The highest BCUT2D eigenvalue weighted by atomic mass is 19.4. The van der Waals surface area contributed by atoms with E-state index >= 15 is 0 Å². The summed E-state index contributed by atoms with van der Waals surface area (Å²) in [5, 5.41) is 11.9. The number of hydrogen-bond donors (Lipinski definition) is 2. The van der Waals surface area contributed by atoms with E-state index in [1.165, 1.54) is 0 Å². The summed E-state index contributed by atoms with van der Waals surface area (Å²) in [6.07, 6.45) is -1.75. The average molecular weight is 291 g/mol. The number of anilines is 1. The van der Waals surface area contributed by atoms with Crippen molar-refractivity contribution < 1.29 is 18.3 Å². The maximum Gasteiger partial charge on any atom is 0.401 e. The molecule has 0 saturated carbocycles. The second-order valence-electron chi connectivity index (χ2n) is 4.53. The van der Waals surface area contributed by atoms with Gasteiger partial charge >= 0.3 is 6.18 Å². The van der Waals surface area contributed by atoms with Gasteiger partial charge < -0.3 is 10.4 Å². The number of aliphatic hydroxyl groups is 1. The lowest BCUT2D eigenvalue weighted by Gasteiger charge is -2.22. The Kier molecular flexibility index (Phi) is 6.74. The Morgan fingerprint density at radius 1 is 1.35 bits per heavy atom. The van der Waals surface area contributed by atoms with Gasteiger partial charge in [0, 0.05) is 25.8 Å². The summed E-state index contributed by atoms with van der Waals surface area (Å²) < 4.78 is 37.2. The third kappa shape index (κ3) is 6.72. The van der Waals surface area contributed by atoms with Crippen molar-refractivity contribution in [1.29, 1.82) is 0 Å². The monoisotopic (exact) mass is 291 g/mol. The maximum atomic E-state index is 12.4. The first kappa shape index (κ1) is 16.7. The summed E-state index contributed by atoms with van der Waals surface area (Å²) in [5.41, 5.74) is 0.685. The zero-order valence-corrected chi connectivity index (χ0v) is 11.5. The number of alkyl halides is 3. The number of hydrogen-bond acceptors (Lipinski definition) is 4. The van der Waals surface area contributed by atoms with E-state index in [4.69, 9.17) is 5.11 Å². The molecular weight excluding hydrogens is 271 g/mol. The molecule has 0 aliphatic rings. The van der Waals surface area contributed by atoms with E-state index in [0.29, 0.717) is 11.4 Å². The van der Waals surface area contributed by atoms with Crippen LogP contribution in [0.5, 0.6) is 0 Å². The molecule has 0 radical (unpaired) electrons. The largest absolute Gasteiger partial charge is 0.401 e. The molecular formula is C13H20F3N3O. The van der Waals surface area contributed by atoms with Crippen molar-refractivity contribution in [3.63, 3.8) is 0 Å². The molecule has 0 aliphatic heterocycles. The molecule has 0 fully saturated rings. The predicted molar refractivity (Wildman–Crippen MR) is 71.4 cm³/mol. The lowest BCUT2D eigenvalue weighted by Crippen LogP contribution is -2.35. The van der Waals surface area contributed by atoms with Crippen molar-refractivity contribution in [2.45, 2.75) is 26.1 Å². The molecule has 1 rings (SSSR count). The van der Waals surface area contributed by atoms with E-state index in [0.717, 1.165) is 17.9 Å². The van der Waals surface area contributed by atoms with E-state index < -0.39 is 12.7 Å². The standard InChI is InChI=1S/C13H20F3N3O/c1-2-5-17-12-4-3-11(8-18-12)9-19(6-7-20)10-13(14,15)16/h3-4,8,20H,2,5-7,9-10H2,1H3,(H,17,18). The topological polar surface area (TPSA) is 48.4 Å². The Bertz CT molecular complexity index is 381. The number of nitrogens with zero attached hydrogens (tertiary/aromatic N) is 2. The Labute approximate surface area is 116 Å². The first-order valence-electron chi connectivity index (χ1n) is 6.53. The van der Waals surface area contributed by atoms with E-state index in [2.05, 4.69) is 10.3 Å². The van der Waals surface area contributed by atoms with E-state index in [1.807, 2.05) is 6.92 Å². The number of nitrogens with one attached hydrogen (secondary N) is 1. The van der Waals surface area contributed by atoms with E-state index in [9.17, 15) is 13.2 Å². The van der Waals surface area contributed by atoms with Crippen molar-refractivity contribution in [2.24, 2.45) is 0 Å². The molecule has 1 aromatic rings. The van der Waals surface area contributed by atoms with Gasteiger partial charge in [-0.3, -0.25) is 4.90 Å². The highest BCUT2D eigenvalue weighted by Gasteiger charge is 2.30. The molecule has 0 aliphatic carbocycles. The number of aromatic nitrogens is 1. The molecule has 0 aromatic carbocycles. The lowest BCUT2D eigenvalue weighted by atomic mass is 10.2. The quantitative estimate of drug-likeness (QED) is 0.771. The van der Waals surface area contributed by atoms with Crippen LogP contribution >= 0.6 is 0 Å². The highest BCUT2D eigenvalue weighted by molar-refractivity contribution is 5.35. The molecule has 0 unspecified atom stereocenters. The molecule has 0 spiro atoms. The molecule has 0 atom stereocenters. The highest BCUT2D eigenvalue weighted by Crippen LogP contribution is 2.18. The minimum atomic E-state index is -4.27. The fourth-order valence-electron chi connectivity index (χ4n) is 1.74. The van der Waals surface area contributed by atoms with Crippen LogP contribution in [0.2, 0.25) is 0 Å². The summed E-state index contributed by atoms with van der Waals surface area (Å²) in [6, 6.07) is 3.49. The normalized spacial score (nSPS) is 11.9.